The monoisotopic (exact) mass is 177 g/mol. The number of rotatable bonds is 2. The van der Waals surface area contributed by atoms with Crippen LogP contribution >= 0.6 is 0 Å². The van der Waals surface area contributed by atoms with Crippen LogP contribution in [-0.2, 0) is 0 Å². The first-order chi connectivity index (χ1) is 6.45. The summed E-state index contributed by atoms with van der Waals surface area (Å²) in [5.41, 5.74) is 4.51. The van der Waals surface area contributed by atoms with Crippen molar-refractivity contribution in [1.29, 1.82) is 0 Å². The van der Waals surface area contributed by atoms with E-state index in [0.29, 0.717) is 0 Å². The molecule has 1 saturated heterocycles. The third kappa shape index (κ3) is 2.42. The van der Waals surface area contributed by atoms with E-state index in [1.54, 1.807) is 0 Å². The van der Waals surface area contributed by atoms with Gasteiger partial charge in [0.25, 0.3) is 0 Å². The van der Waals surface area contributed by atoms with Crippen molar-refractivity contribution in [1.82, 2.24) is 9.99 Å². The maximum atomic E-state index is 3.98. The summed E-state index contributed by atoms with van der Waals surface area (Å²) in [5.74, 6) is 0. The Morgan fingerprint density at radius 3 is 2.46 bits per heavy atom. The molecule has 0 aliphatic carbocycles. The number of piperidine rings is 1. The van der Waals surface area contributed by atoms with Gasteiger partial charge < -0.3 is 5.43 Å². The number of nitrogens with zero attached hydrogens (tertiary/aromatic N) is 2. The third-order valence-corrected chi connectivity index (χ3v) is 2.32. The van der Waals surface area contributed by atoms with E-state index in [4.69, 9.17) is 0 Å². The minimum atomic E-state index is 1.14. The van der Waals surface area contributed by atoms with Crippen LogP contribution in [0.1, 0.15) is 19.3 Å². The quantitative estimate of drug-likeness (QED) is 0.747. The Kier molecular flexibility index (Phi) is 2.77. The summed E-state index contributed by atoms with van der Waals surface area (Å²) >= 11 is 0. The highest BCUT2D eigenvalue weighted by Crippen LogP contribution is 2.11. The molecule has 0 bridgehead atoms. The molecule has 1 aromatic heterocycles. The molecule has 1 aromatic rings. The van der Waals surface area contributed by atoms with Gasteiger partial charge in [-0.2, -0.15) is 0 Å². The number of pyridine rings is 1. The van der Waals surface area contributed by atoms with Gasteiger partial charge in [-0.15, -0.1) is 0 Å². The van der Waals surface area contributed by atoms with Crippen LogP contribution in [0.4, 0.5) is 5.69 Å². The van der Waals surface area contributed by atoms with Gasteiger partial charge in [0.1, 0.15) is 0 Å². The molecule has 13 heavy (non-hydrogen) atoms. The minimum Gasteiger partial charge on any atom is -0.319 e. The van der Waals surface area contributed by atoms with Gasteiger partial charge in [0.15, 0.2) is 0 Å². The Bertz CT molecular complexity index is 242. The fourth-order valence-electron chi connectivity index (χ4n) is 1.61. The average molecular weight is 177 g/mol. The van der Waals surface area contributed by atoms with E-state index in [-0.39, 0.29) is 0 Å². The molecular weight excluding hydrogens is 162 g/mol. The molecule has 0 radical (unpaired) electrons. The smallest absolute Gasteiger partial charge is 0.0520 e. The van der Waals surface area contributed by atoms with Gasteiger partial charge in [-0.3, -0.25) is 4.98 Å². The van der Waals surface area contributed by atoms with Crippen LogP contribution in [0.5, 0.6) is 0 Å². The van der Waals surface area contributed by atoms with E-state index in [1.165, 1.54) is 19.3 Å². The highest BCUT2D eigenvalue weighted by atomic mass is 15.5. The predicted molar refractivity (Wildman–Crippen MR) is 53.3 cm³/mol. The van der Waals surface area contributed by atoms with Gasteiger partial charge in [-0.05, 0) is 25.0 Å². The van der Waals surface area contributed by atoms with Crippen LogP contribution in [0.2, 0.25) is 0 Å². The topological polar surface area (TPSA) is 28.2 Å². The van der Waals surface area contributed by atoms with Crippen molar-refractivity contribution < 1.29 is 0 Å². The Morgan fingerprint density at radius 1 is 1.08 bits per heavy atom. The molecule has 0 saturated carbocycles. The molecule has 1 N–H and O–H groups in total. The standard InChI is InChI=1S/C10H15N3/c1-2-8-13(9-3-1)12-10-4-6-11-7-5-10/h4-7H,1-3,8-9H2,(H,11,12). The van der Waals surface area contributed by atoms with Crippen LogP contribution in [0, 0.1) is 0 Å². The summed E-state index contributed by atoms with van der Waals surface area (Å²) < 4.78 is 0. The van der Waals surface area contributed by atoms with Crippen LogP contribution < -0.4 is 5.43 Å². The normalized spacial score (nSPS) is 18.5. The lowest BCUT2D eigenvalue weighted by molar-refractivity contribution is 0.273. The van der Waals surface area contributed by atoms with E-state index in [2.05, 4.69) is 15.4 Å². The second-order valence-corrected chi connectivity index (χ2v) is 3.40. The molecule has 1 aliphatic rings. The lowest BCUT2D eigenvalue weighted by atomic mass is 10.2. The van der Waals surface area contributed by atoms with Crippen LogP contribution in [0.3, 0.4) is 0 Å². The largest absolute Gasteiger partial charge is 0.319 e. The maximum Gasteiger partial charge on any atom is 0.0520 e. The summed E-state index contributed by atoms with van der Waals surface area (Å²) in [6, 6.07) is 3.99. The van der Waals surface area contributed by atoms with Crippen molar-refractivity contribution >= 4 is 5.69 Å². The number of nitrogens with one attached hydrogen (secondary N) is 1. The first kappa shape index (κ1) is 8.51. The summed E-state index contributed by atoms with van der Waals surface area (Å²) in [6.45, 7) is 2.31. The average Bonchev–Trinajstić information content (AvgIpc) is 2.21. The number of hydrogen-bond acceptors (Lipinski definition) is 3. The number of hydrazine groups is 1. The number of hydrogen-bond donors (Lipinski definition) is 1. The van der Waals surface area contributed by atoms with Gasteiger partial charge in [0.05, 0.1) is 5.69 Å². The second kappa shape index (κ2) is 4.23. The predicted octanol–water partition coefficient (Wildman–Crippen LogP) is 1.89. The Morgan fingerprint density at radius 2 is 1.77 bits per heavy atom. The van der Waals surface area contributed by atoms with Crippen LogP contribution in [0.25, 0.3) is 0 Å². The first-order valence-electron chi connectivity index (χ1n) is 4.87. The lowest BCUT2D eigenvalue weighted by Gasteiger charge is -2.27. The Hall–Kier alpha value is -1.09. The molecule has 0 unspecified atom stereocenters. The molecule has 0 amide bonds. The number of aromatic nitrogens is 1. The third-order valence-electron chi connectivity index (χ3n) is 2.32. The summed E-state index contributed by atoms with van der Waals surface area (Å²) in [6.07, 6.45) is 7.60. The Balaban J connectivity index is 1.90. The van der Waals surface area contributed by atoms with Gasteiger partial charge >= 0.3 is 0 Å². The molecule has 0 aromatic carbocycles. The van der Waals surface area contributed by atoms with Crippen molar-refractivity contribution in [2.75, 3.05) is 18.5 Å². The van der Waals surface area contributed by atoms with Gasteiger partial charge in [0.2, 0.25) is 0 Å². The van der Waals surface area contributed by atoms with Gasteiger partial charge in [-0.1, -0.05) is 6.42 Å². The molecule has 0 spiro atoms. The van der Waals surface area contributed by atoms with Crippen molar-refractivity contribution in [2.24, 2.45) is 0 Å². The van der Waals surface area contributed by atoms with Crippen molar-refractivity contribution in [3.63, 3.8) is 0 Å². The van der Waals surface area contributed by atoms with Gasteiger partial charge in [0, 0.05) is 25.5 Å². The van der Waals surface area contributed by atoms with Crippen LogP contribution in [0.15, 0.2) is 24.5 Å². The molecule has 3 nitrogen and oxygen atoms in total. The van der Waals surface area contributed by atoms with E-state index in [1.807, 2.05) is 24.5 Å². The van der Waals surface area contributed by atoms with E-state index in [9.17, 15) is 0 Å². The zero-order valence-electron chi connectivity index (χ0n) is 7.74. The summed E-state index contributed by atoms with van der Waals surface area (Å²) in [4.78, 5) is 3.98. The summed E-state index contributed by atoms with van der Waals surface area (Å²) in [5, 5.41) is 2.28. The highest BCUT2D eigenvalue weighted by Gasteiger charge is 2.08. The van der Waals surface area contributed by atoms with E-state index in [0.717, 1.165) is 18.8 Å². The summed E-state index contributed by atoms with van der Waals surface area (Å²) in [7, 11) is 0. The van der Waals surface area contributed by atoms with E-state index < -0.39 is 0 Å². The molecule has 3 heteroatoms. The molecule has 1 aliphatic heterocycles. The fraction of sp³-hybridized carbons (Fsp3) is 0.500. The van der Waals surface area contributed by atoms with Crippen LogP contribution in [-0.4, -0.2) is 23.1 Å². The zero-order valence-corrected chi connectivity index (χ0v) is 7.74. The second-order valence-electron chi connectivity index (χ2n) is 3.40. The SMILES string of the molecule is c1cc(NN2CCCCC2)ccn1. The molecule has 1 fully saturated rings. The highest BCUT2D eigenvalue weighted by molar-refractivity contribution is 5.39. The van der Waals surface area contributed by atoms with E-state index >= 15 is 0 Å². The molecule has 2 heterocycles. The fourth-order valence-corrected chi connectivity index (χ4v) is 1.61. The zero-order chi connectivity index (χ0) is 8.93. The number of anilines is 1. The van der Waals surface area contributed by atoms with Crippen molar-refractivity contribution in [3.05, 3.63) is 24.5 Å². The van der Waals surface area contributed by atoms with Crippen molar-refractivity contribution in [3.8, 4) is 0 Å². The lowest BCUT2D eigenvalue weighted by Crippen LogP contribution is -2.34. The molecule has 70 valence electrons. The van der Waals surface area contributed by atoms with Gasteiger partial charge in [-0.25, -0.2) is 5.01 Å². The molecular formula is C10H15N3. The molecule has 0 atom stereocenters. The van der Waals surface area contributed by atoms with Crippen molar-refractivity contribution in [2.45, 2.75) is 19.3 Å². The first-order valence-corrected chi connectivity index (χ1v) is 4.87. The Labute approximate surface area is 78.7 Å². The molecule has 2 rings (SSSR count). The minimum absolute atomic E-state index is 1.14. The maximum absolute atomic E-state index is 3.98.